The fourth-order valence-electron chi connectivity index (χ4n) is 1.82. The highest BCUT2D eigenvalue weighted by atomic mass is 16.1. The molecule has 0 saturated heterocycles. The van der Waals surface area contributed by atoms with Crippen molar-refractivity contribution in [2.75, 3.05) is 0 Å². The summed E-state index contributed by atoms with van der Waals surface area (Å²) in [6.07, 6.45) is 1.82. The highest BCUT2D eigenvalue weighted by molar-refractivity contribution is 5.76. The van der Waals surface area contributed by atoms with E-state index in [0.29, 0.717) is 24.2 Å². The highest BCUT2D eigenvalue weighted by Crippen LogP contribution is 2.23. The van der Waals surface area contributed by atoms with Crippen LogP contribution in [0.1, 0.15) is 54.4 Å². The number of amides is 1. The molecule has 2 nitrogen and oxygen atoms in total. The standard InChI is InChI=1S/C13H27NO/c1-9(2)7-12(10(3)4)8-13(15)14-11(5)6/h9-12H,7-8H2,1-6H3,(H,14,15). The third kappa shape index (κ3) is 7.40. The van der Waals surface area contributed by atoms with Crippen LogP contribution < -0.4 is 5.32 Å². The third-order valence-corrected chi connectivity index (χ3v) is 2.61. The van der Waals surface area contributed by atoms with Crippen molar-refractivity contribution < 1.29 is 4.79 Å². The maximum atomic E-state index is 11.6. The van der Waals surface area contributed by atoms with E-state index in [2.05, 4.69) is 33.0 Å². The van der Waals surface area contributed by atoms with Gasteiger partial charge in [0.1, 0.15) is 0 Å². The van der Waals surface area contributed by atoms with Crippen molar-refractivity contribution in [2.45, 2.75) is 60.4 Å². The van der Waals surface area contributed by atoms with Crippen molar-refractivity contribution in [2.24, 2.45) is 17.8 Å². The number of rotatable bonds is 6. The first-order valence-electron chi connectivity index (χ1n) is 6.12. The molecule has 1 unspecified atom stereocenters. The van der Waals surface area contributed by atoms with Crippen LogP contribution in [0.15, 0.2) is 0 Å². The Hall–Kier alpha value is -0.530. The largest absolute Gasteiger partial charge is 0.354 e. The molecule has 0 rings (SSSR count). The van der Waals surface area contributed by atoms with Crippen LogP contribution in [0.25, 0.3) is 0 Å². The zero-order chi connectivity index (χ0) is 12.0. The van der Waals surface area contributed by atoms with E-state index in [1.165, 1.54) is 0 Å². The molecule has 1 atom stereocenters. The van der Waals surface area contributed by atoms with Gasteiger partial charge in [-0.2, -0.15) is 0 Å². The number of hydrogen-bond acceptors (Lipinski definition) is 1. The van der Waals surface area contributed by atoms with Gasteiger partial charge in [0, 0.05) is 12.5 Å². The Labute approximate surface area is 94.8 Å². The van der Waals surface area contributed by atoms with Crippen LogP contribution in [0.2, 0.25) is 0 Å². The zero-order valence-corrected chi connectivity index (χ0v) is 11.1. The van der Waals surface area contributed by atoms with Gasteiger partial charge in [0.25, 0.3) is 0 Å². The topological polar surface area (TPSA) is 29.1 Å². The van der Waals surface area contributed by atoms with Crippen molar-refractivity contribution in [1.82, 2.24) is 5.32 Å². The average molecular weight is 213 g/mol. The molecule has 0 saturated carbocycles. The van der Waals surface area contributed by atoms with E-state index in [9.17, 15) is 4.79 Å². The fraction of sp³-hybridized carbons (Fsp3) is 0.923. The summed E-state index contributed by atoms with van der Waals surface area (Å²) in [5.74, 6) is 1.97. The molecule has 90 valence electrons. The summed E-state index contributed by atoms with van der Waals surface area (Å²) in [5, 5.41) is 2.96. The summed E-state index contributed by atoms with van der Waals surface area (Å²) >= 11 is 0. The minimum absolute atomic E-state index is 0.198. The van der Waals surface area contributed by atoms with Crippen LogP contribution in [0.4, 0.5) is 0 Å². The predicted octanol–water partition coefficient (Wildman–Crippen LogP) is 3.22. The third-order valence-electron chi connectivity index (χ3n) is 2.61. The average Bonchev–Trinajstić information content (AvgIpc) is 1.99. The molecule has 0 spiro atoms. The molecule has 0 bridgehead atoms. The van der Waals surface area contributed by atoms with Gasteiger partial charge in [-0.1, -0.05) is 27.7 Å². The van der Waals surface area contributed by atoms with Crippen LogP contribution in [0.3, 0.4) is 0 Å². The first-order chi connectivity index (χ1) is 6.82. The molecule has 0 aliphatic heterocycles. The minimum Gasteiger partial charge on any atom is -0.354 e. The number of carbonyl (C=O) groups is 1. The van der Waals surface area contributed by atoms with Crippen LogP contribution >= 0.6 is 0 Å². The number of hydrogen-bond donors (Lipinski definition) is 1. The van der Waals surface area contributed by atoms with E-state index in [1.807, 2.05) is 13.8 Å². The van der Waals surface area contributed by atoms with Gasteiger partial charge in [0.05, 0.1) is 0 Å². The van der Waals surface area contributed by atoms with Crippen LogP contribution in [-0.2, 0) is 4.79 Å². The lowest BCUT2D eigenvalue weighted by molar-refractivity contribution is -0.123. The van der Waals surface area contributed by atoms with Gasteiger partial charge in [-0.05, 0) is 38.0 Å². The molecule has 0 aliphatic rings. The van der Waals surface area contributed by atoms with Gasteiger partial charge in [0.15, 0.2) is 0 Å². The molecule has 0 aromatic rings. The molecule has 0 heterocycles. The van der Waals surface area contributed by atoms with E-state index in [4.69, 9.17) is 0 Å². The Morgan fingerprint density at radius 1 is 1.07 bits per heavy atom. The lowest BCUT2D eigenvalue weighted by Crippen LogP contribution is -2.32. The second-order valence-electron chi connectivity index (χ2n) is 5.56. The summed E-state index contributed by atoms with van der Waals surface area (Å²) in [7, 11) is 0. The van der Waals surface area contributed by atoms with Crippen molar-refractivity contribution >= 4 is 5.91 Å². The van der Waals surface area contributed by atoms with E-state index < -0.39 is 0 Å². The molecule has 1 N–H and O–H groups in total. The fourth-order valence-corrected chi connectivity index (χ4v) is 1.82. The van der Waals surface area contributed by atoms with E-state index in [1.54, 1.807) is 0 Å². The van der Waals surface area contributed by atoms with Crippen molar-refractivity contribution in [3.05, 3.63) is 0 Å². The first kappa shape index (κ1) is 14.5. The van der Waals surface area contributed by atoms with Crippen LogP contribution in [-0.4, -0.2) is 11.9 Å². The molecule has 0 aromatic heterocycles. The van der Waals surface area contributed by atoms with Crippen molar-refractivity contribution in [3.8, 4) is 0 Å². The van der Waals surface area contributed by atoms with E-state index >= 15 is 0 Å². The maximum Gasteiger partial charge on any atom is 0.220 e. The van der Waals surface area contributed by atoms with Gasteiger partial charge in [-0.3, -0.25) is 4.79 Å². The quantitative estimate of drug-likeness (QED) is 0.721. The van der Waals surface area contributed by atoms with Crippen LogP contribution in [0, 0.1) is 17.8 Å². The van der Waals surface area contributed by atoms with Gasteiger partial charge in [-0.15, -0.1) is 0 Å². The summed E-state index contributed by atoms with van der Waals surface area (Å²) in [6, 6.07) is 0.254. The predicted molar refractivity (Wildman–Crippen MR) is 65.7 cm³/mol. The van der Waals surface area contributed by atoms with Crippen molar-refractivity contribution in [3.63, 3.8) is 0 Å². The Bertz CT molecular complexity index is 185. The van der Waals surface area contributed by atoms with Crippen LogP contribution in [0.5, 0.6) is 0 Å². The Kier molecular flexibility index (Phi) is 6.62. The number of nitrogens with one attached hydrogen (secondary N) is 1. The van der Waals surface area contributed by atoms with Gasteiger partial charge in [-0.25, -0.2) is 0 Å². The maximum absolute atomic E-state index is 11.6. The van der Waals surface area contributed by atoms with Crippen molar-refractivity contribution in [1.29, 1.82) is 0 Å². The van der Waals surface area contributed by atoms with E-state index in [-0.39, 0.29) is 11.9 Å². The van der Waals surface area contributed by atoms with E-state index in [0.717, 1.165) is 6.42 Å². The highest BCUT2D eigenvalue weighted by Gasteiger charge is 2.18. The summed E-state index contributed by atoms with van der Waals surface area (Å²) < 4.78 is 0. The Morgan fingerprint density at radius 2 is 1.60 bits per heavy atom. The SMILES string of the molecule is CC(C)CC(CC(=O)NC(C)C)C(C)C. The smallest absolute Gasteiger partial charge is 0.220 e. The number of carbonyl (C=O) groups excluding carboxylic acids is 1. The molecule has 1 amide bonds. The Morgan fingerprint density at radius 3 is 1.93 bits per heavy atom. The van der Waals surface area contributed by atoms with Gasteiger partial charge < -0.3 is 5.32 Å². The molecule has 0 aliphatic carbocycles. The molecule has 0 aromatic carbocycles. The molecular weight excluding hydrogens is 186 g/mol. The molecule has 0 radical (unpaired) electrons. The monoisotopic (exact) mass is 213 g/mol. The zero-order valence-electron chi connectivity index (χ0n) is 11.1. The first-order valence-corrected chi connectivity index (χ1v) is 6.12. The summed E-state index contributed by atoms with van der Waals surface area (Å²) in [6.45, 7) is 12.9. The molecule has 0 fully saturated rings. The Balaban J connectivity index is 4.10. The van der Waals surface area contributed by atoms with Gasteiger partial charge >= 0.3 is 0 Å². The summed E-state index contributed by atoms with van der Waals surface area (Å²) in [4.78, 5) is 11.6. The lowest BCUT2D eigenvalue weighted by atomic mass is 9.85. The molecule has 2 heteroatoms. The lowest BCUT2D eigenvalue weighted by Gasteiger charge is -2.22. The van der Waals surface area contributed by atoms with Gasteiger partial charge in [0.2, 0.25) is 5.91 Å². The minimum atomic E-state index is 0.198. The normalized spacial score (nSPS) is 13.7. The summed E-state index contributed by atoms with van der Waals surface area (Å²) in [5.41, 5.74) is 0. The second-order valence-corrected chi connectivity index (χ2v) is 5.56. The molecule has 15 heavy (non-hydrogen) atoms. The second kappa shape index (κ2) is 6.86. The molecular formula is C13H27NO.